The van der Waals surface area contributed by atoms with Crippen molar-refractivity contribution in [1.29, 1.82) is 0 Å². The third-order valence-corrected chi connectivity index (χ3v) is 2.12. The second kappa shape index (κ2) is 5.23. The van der Waals surface area contributed by atoms with Gasteiger partial charge in [0.2, 0.25) is 0 Å². The van der Waals surface area contributed by atoms with E-state index in [2.05, 4.69) is 9.97 Å². The molecule has 4 heteroatoms. The molecule has 2 aromatic rings. The summed E-state index contributed by atoms with van der Waals surface area (Å²) in [7, 11) is 0. The predicted octanol–water partition coefficient (Wildman–Crippen LogP) is 1.55. The minimum absolute atomic E-state index is 0.0359. The number of aliphatic hydroxyl groups excluding tert-OH is 1. The van der Waals surface area contributed by atoms with Gasteiger partial charge in [0.25, 0.3) is 0 Å². The Morgan fingerprint density at radius 3 is 2.56 bits per heavy atom. The number of benzene rings is 1. The number of hydrogen-bond acceptors (Lipinski definition) is 4. The van der Waals surface area contributed by atoms with Crippen LogP contribution in [0, 0.1) is 0 Å². The highest BCUT2D eigenvalue weighted by Crippen LogP contribution is 2.18. The summed E-state index contributed by atoms with van der Waals surface area (Å²) >= 11 is 0. The van der Waals surface area contributed by atoms with Crippen LogP contribution in [0.2, 0.25) is 0 Å². The highest BCUT2D eigenvalue weighted by Gasteiger charge is 2.02. The zero-order valence-electron chi connectivity index (χ0n) is 8.71. The van der Waals surface area contributed by atoms with E-state index < -0.39 is 0 Å². The summed E-state index contributed by atoms with van der Waals surface area (Å²) in [6, 6.07) is 9.11. The third-order valence-electron chi connectivity index (χ3n) is 2.12. The van der Waals surface area contributed by atoms with Crippen LogP contribution >= 0.6 is 0 Å². The van der Waals surface area contributed by atoms with Gasteiger partial charge in [0.05, 0.1) is 6.61 Å². The zero-order chi connectivity index (χ0) is 11.2. The molecule has 16 heavy (non-hydrogen) atoms. The third kappa shape index (κ3) is 2.55. The van der Waals surface area contributed by atoms with Crippen LogP contribution in [-0.4, -0.2) is 15.1 Å². The van der Waals surface area contributed by atoms with Crippen LogP contribution in [0.25, 0.3) is 0 Å². The number of ether oxygens (including phenoxy) is 1. The van der Waals surface area contributed by atoms with Gasteiger partial charge in [-0.25, -0.2) is 9.97 Å². The van der Waals surface area contributed by atoms with Crippen molar-refractivity contribution >= 4 is 0 Å². The predicted molar refractivity (Wildman–Crippen MR) is 58.7 cm³/mol. The summed E-state index contributed by atoms with van der Waals surface area (Å²) in [4.78, 5) is 8.10. The molecule has 0 bridgehead atoms. The summed E-state index contributed by atoms with van der Waals surface area (Å²) in [6.07, 6.45) is 3.34. The maximum absolute atomic E-state index is 9.10. The first kappa shape index (κ1) is 10.6. The van der Waals surface area contributed by atoms with Crippen molar-refractivity contribution in [3.63, 3.8) is 0 Å². The second-order valence-corrected chi connectivity index (χ2v) is 3.22. The maximum atomic E-state index is 9.10. The molecule has 82 valence electrons. The van der Waals surface area contributed by atoms with Gasteiger partial charge >= 0.3 is 0 Å². The van der Waals surface area contributed by atoms with Crippen LogP contribution in [0.3, 0.4) is 0 Å². The molecular weight excluding hydrogens is 204 g/mol. The molecule has 1 aromatic heterocycles. The maximum Gasteiger partial charge on any atom is 0.166 e. The SMILES string of the molecule is OCc1ccccc1OCc1ncccn1. The van der Waals surface area contributed by atoms with Crippen molar-refractivity contribution in [1.82, 2.24) is 9.97 Å². The lowest BCUT2D eigenvalue weighted by atomic mass is 10.2. The molecule has 0 saturated carbocycles. The fourth-order valence-electron chi connectivity index (χ4n) is 1.32. The Hall–Kier alpha value is -1.94. The standard InChI is InChI=1S/C12H12N2O2/c15-8-10-4-1-2-5-11(10)16-9-12-13-6-3-7-14-12/h1-7,15H,8-9H2. The molecule has 2 rings (SSSR count). The van der Waals surface area contributed by atoms with E-state index >= 15 is 0 Å². The smallest absolute Gasteiger partial charge is 0.166 e. The van der Waals surface area contributed by atoms with Gasteiger partial charge < -0.3 is 9.84 Å². The van der Waals surface area contributed by atoms with Gasteiger partial charge in [0.1, 0.15) is 12.4 Å². The van der Waals surface area contributed by atoms with Gasteiger partial charge in [-0.15, -0.1) is 0 Å². The van der Waals surface area contributed by atoms with Crippen LogP contribution in [0.5, 0.6) is 5.75 Å². The Balaban J connectivity index is 2.05. The van der Waals surface area contributed by atoms with Gasteiger partial charge in [-0.1, -0.05) is 18.2 Å². The van der Waals surface area contributed by atoms with Crippen molar-refractivity contribution in [3.05, 3.63) is 54.1 Å². The molecule has 0 atom stereocenters. The highest BCUT2D eigenvalue weighted by molar-refractivity contribution is 5.32. The summed E-state index contributed by atoms with van der Waals surface area (Å²) < 4.78 is 5.53. The van der Waals surface area contributed by atoms with Crippen LogP contribution in [-0.2, 0) is 13.2 Å². The molecule has 0 fully saturated rings. The fourth-order valence-corrected chi connectivity index (χ4v) is 1.32. The normalized spacial score (nSPS) is 10.1. The van der Waals surface area contributed by atoms with Crippen LogP contribution in [0.1, 0.15) is 11.4 Å². The Morgan fingerprint density at radius 2 is 1.81 bits per heavy atom. The quantitative estimate of drug-likeness (QED) is 0.842. The molecule has 0 saturated heterocycles. The van der Waals surface area contributed by atoms with Crippen molar-refractivity contribution < 1.29 is 9.84 Å². The van der Waals surface area contributed by atoms with Crippen molar-refractivity contribution in [2.45, 2.75) is 13.2 Å². The number of hydrogen-bond donors (Lipinski definition) is 1. The van der Waals surface area contributed by atoms with Crippen molar-refractivity contribution in [3.8, 4) is 5.75 Å². The average molecular weight is 216 g/mol. The molecule has 1 heterocycles. The van der Waals surface area contributed by atoms with E-state index in [-0.39, 0.29) is 6.61 Å². The van der Waals surface area contributed by atoms with E-state index in [1.54, 1.807) is 18.5 Å². The lowest BCUT2D eigenvalue weighted by Crippen LogP contribution is -2.02. The highest BCUT2D eigenvalue weighted by atomic mass is 16.5. The molecule has 0 aliphatic carbocycles. The monoisotopic (exact) mass is 216 g/mol. The van der Waals surface area contributed by atoms with Gasteiger partial charge in [0, 0.05) is 18.0 Å². The van der Waals surface area contributed by atoms with Gasteiger partial charge in [-0.3, -0.25) is 0 Å². The Kier molecular flexibility index (Phi) is 3.46. The van der Waals surface area contributed by atoms with E-state index in [1.165, 1.54) is 0 Å². The fraction of sp³-hybridized carbons (Fsp3) is 0.167. The van der Waals surface area contributed by atoms with E-state index in [0.29, 0.717) is 18.2 Å². The van der Waals surface area contributed by atoms with Crippen molar-refractivity contribution in [2.75, 3.05) is 0 Å². The van der Waals surface area contributed by atoms with Gasteiger partial charge in [-0.2, -0.15) is 0 Å². The Labute approximate surface area is 93.6 Å². The summed E-state index contributed by atoms with van der Waals surface area (Å²) in [5.74, 6) is 1.28. The number of aliphatic hydroxyl groups is 1. The minimum Gasteiger partial charge on any atom is -0.485 e. The largest absolute Gasteiger partial charge is 0.485 e. The van der Waals surface area contributed by atoms with E-state index in [4.69, 9.17) is 9.84 Å². The van der Waals surface area contributed by atoms with Crippen LogP contribution < -0.4 is 4.74 Å². The number of para-hydroxylation sites is 1. The molecule has 0 radical (unpaired) electrons. The van der Waals surface area contributed by atoms with Crippen LogP contribution in [0.4, 0.5) is 0 Å². The first-order valence-corrected chi connectivity index (χ1v) is 4.97. The average Bonchev–Trinajstić information content (AvgIpc) is 2.38. The summed E-state index contributed by atoms with van der Waals surface area (Å²) in [5.41, 5.74) is 0.762. The molecule has 0 aliphatic rings. The molecule has 0 unspecified atom stereocenters. The van der Waals surface area contributed by atoms with E-state index in [0.717, 1.165) is 5.56 Å². The Bertz CT molecular complexity index is 446. The molecular formula is C12H12N2O2. The Morgan fingerprint density at radius 1 is 1.06 bits per heavy atom. The molecule has 0 amide bonds. The lowest BCUT2D eigenvalue weighted by Gasteiger charge is -2.08. The molecule has 1 N–H and O–H groups in total. The molecule has 1 aromatic carbocycles. The zero-order valence-corrected chi connectivity index (χ0v) is 8.71. The summed E-state index contributed by atoms with van der Waals surface area (Å²) in [5, 5.41) is 9.10. The number of nitrogens with zero attached hydrogens (tertiary/aromatic N) is 2. The van der Waals surface area contributed by atoms with Crippen LogP contribution in [0.15, 0.2) is 42.7 Å². The minimum atomic E-state index is -0.0359. The lowest BCUT2D eigenvalue weighted by molar-refractivity contribution is 0.255. The first-order chi connectivity index (χ1) is 7.90. The van der Waals surface area contributed by atoms with Gasteiger partial charge in [0.15, 0.2) is 5.82 Å². The first-order valence-electron chi connectivity index (χ1n) is 4.97. The van der Waals surface area contributed by atoms with Crippen molar-refractivity contribution in [2.24, 2.45) is 0 Å². The van der Waals surface area contributed by atoms with Gasteiger partial charge in [-0.05, 0) is 12.1 Å². The van der Waals surface area contributed by atoms with E-state index in [9.17, 15) is 0 Å². The number of rotatable bonds is 4. The topological polar surface area (TPSA) is 55.2 Å². The number of aromatic nitrogens is 2. The van der Waals surface area contributed by atoms with E-state index in [1.807, 2.05) is 24.3 Å². The summed E-state index contributed by atoms with van der Waals surface area (Å²) in [6.45, 7) is 0.268. The second-order valence-electron chi connectivity index (χ2n) is 3.22. The molecule has 0 aliphatic heterocycles. The molecule has 4 nitrogen and oxygen atoms in total. The molecule has 0 spiro atoms.